The van der Waals surface area contributed by atoms with Gasteiger partial charge < -0.3 is 83.1 Å². The number of methoxy groups -OCH3 is 5. The quantitative estimate of drug-likeness (QED) is 0.0430. The Morgan fingerprint density at radius 2 is 0.882 bits per heavy atom. The maximum absolute atomic E-state index is 12.9. The van der Waals surface area contributed by atoms with E-state index in [0.29, 0.717) is 97.0 Å². The van der Waals surface area contributed by atoms with E-state index in [9.17, 15) is 54.3 Å². The number of pyridine rings is 3. The number of aliphatic carboxylic acids is 2. The molecule has 3 N–H and O–H groups in total. The fraction of sp³-hybridized carbons (Fsp3) is 0.292. The van der Waals surface area contributed by atoms with Gasteiger partial charge in [0.15, 0.2) is 19.8 Å². The van der Waals surface area contributed by atoms with Gasteiger partial charge >= 0.3 is 11.9 Å². The van der Waals surface area contributed by atoms with E-state index in [1.54, 1.807) is 24.3 Å². The van der Waals surface area contributed by atoms with Gasteiger partial charge in [-0.3, -0.25) is 34.4 Å². The number of aromatic nitrogens is 3. The highest BCUT2D eigenvalue weighted by atomic mass is 32.2. The molecule has 0 radical (unpaired) electrons. The minimum absolute atomic E-state index is 0.0430. The lowest BCUT2D eigenvalue weighted by Gasteiger charge is -2.26. The summed E-state index contributed by atoms with van der Waals surface area (Å²) < 4.78 is 45.4. The van der Waals surface area contributed by atoms with E-state index in [0.717, 1.165) is 22.2 Å². The van der Waals surface area contributed by atoms with Crippen molar-refractivity contribution < 1.29 is 92.2 Å². The Bertz CT molecular complexity index is 3890. The molecule has 4 heterocycles. The highest BCUT2D eigenvalue weighted by molar-refractivity contribution is 8.03. The molecule has 0 bridgehead atoms. The monoisotopic (exact) mass is 1290 g/mol. The molecular weight excluding hydrogens is 1230 g/mol. The first-order chi connectivity index (χ1) is 44.8. The van der Waals surface area contributed by atoms with Crippen LogP contribution >= 0.6 is 11.8 Å². The Labute approximate surface area is 537 Å². The van der Waals surface area contributed by atoms with E-state index in [1.165, 1.54) is 90.1 Å². The van der Waals surface area contributed by atoms with Crippen LogP contribution in [0.2, 0.25) is 0 Å². The van der Waals surface area contributed by atoms with Crippen LogP contribution in [0.1, 0.15) is 54.1 Å². The average Bonchev–Trinajstić information content (AvgIpc) is 0.936. The molecule has 8 rings (SSSR count). The summed E-state index contributed by atoms with van der Waals surface area (Å²) in [4.78, 5) is 94.0. The molecule has 3 aromatic heterocycles. The maximum atomic E-state index is 12.9. The van der Waals surface area contributed by atoms with Crippen LogP contribution in [0.15, 0.2) is 108 Å². The zero-order chi connectivity index (χ0) is 66.7. The topological polar surface area (TPSA) is 370 Å². The van der Waals surface area contributed by atoms with Crippen molar-refractivity contribution >= 4 is 47.5 Å². The second-order valence-electron chi connectivity index (χ2n) is 20.7. The van der Waals surface area contributed by atoms with Gasteiger partial charge in [-0.2, -0.15) is 5.26 Å². The molecule has 0 saturated carbocycles. The summed E-state index contributed by atoms with van der Waals surface area (Å²) in [6.45, 7) is 0.722. The first kappa shape index (κ1) is 68.2. The molecule has 4 aromatic carbocycles. The van der Waals surface area contributed by atoms with Crippen molar-refractivity contribution in [3.63, 3.8) is 0 Å². The Morgan fingerprint density at radius 1 is 0.505 bits per heavy atom. The third-order valence-electron chi connectivity index (χ3n) is 14.6. The minimum atomic E-state index is -1.58. The van der Waals surface area contributed by atoms with Crippen LogP contribution in [0.5, 0.6) is 46.0 Å². The third kappa shape index (κ3) is 18.7. The van der Waals surface area contributed by atoms with E-state index in [-0.39, 0.29) is 83.6 Å². The number of thioether (sulfide) groups is 1. The average molecular weight is 1290 g/mol. The summed E-state index contributed by atoms with van der Waals surface area (Å²) in [5, 5.41) is 70.4. The molecule has 486 valence electrons. The van der Waals surface area contributed by atoms with Crippen LogP contribution < -0.4 is 58.5 Å². The van der Waals surface area contributed by atoms with Crippen molar-refractivity contribution in [2.75, 3.05) is 101 Å². The lowest BCUT2D eigenvalue weighted by molar-refractivity contribution is -0.256. The Kier molecular flexibility index (Phi) is 23.7. The van der Waals surface area contributed by atoms with Crippen molar-refractivity contribution in [2.45, 2.75) is 31.0 Å². The predicted octanol–water partition coefficient (Wildman–Crippen LogP) is 3.06. The number of nitrogens with zero attached hydrogens (tertiary/aromatic N) is 7. The number of hydrogen-bond donors (Lipinski definition) is 3. The van der Waals surface area contributed by atoms with Gasteiger partial charge in [0, 0.05) is 106 Å². The molecule has 1 aliphatic rings. The number of nitriles is 1. The van der Waals surface area contributed by atoms with Crippen molar-refractivity contribution in [2.24, 2.45) is 0 Å². The van der Waals surface area contributed by atoms with Gasteiger partial charge in [-0.1, -0.05) is 12.1 Å². The minimum Gasteiger partial charge on any atom is -0.543 e. The number of benzene rings is 4. The molecule has 93 heavy (non-hydrogen) atoms. The Hall–Kier alpha value is -10.7. The van der Waals surface area contributed by atoms with Crippen molar-refractivity contribution in [3.05, 3.63) is 143 Å². The Balaban J connectivity index is 1.11. The van der Waals surface area contributed by atoms with Crippen LogP contribution in [-0.4, -0.2) is 177 Å². The molecule has 0 unspecified atom stereocenters. The molecule has 1 amide bonds. The first-order valence-corrected chi connectivity index (χ1v) is 29.4. The summed E-state index contributed by atoms with van der Waals surface area (Å²) in [6.07, 6.45) is 0.537. The number of amides is 1. The molecule has 0 spiro atoms. The Morgan fingerprint density at radius 3 is 1.27 bits per heavy atom. The summed E-state index contributed by atoms with van der Waals surface area (Å²) in [5.74, 6) is -6.06. The zero-order valence-corrected chi connectivity index (χ0v) is 51.9. The second-order valence-corrected chi connectivity index (χ2v) is 21.6. The van der Waals surface area contributed by atoms with Gasteiger partial charge in [-0.25, -0.2) is 9.59 Å². The van der Waals surface area contributed by atoms with Gasteiger partial charge in [0.05, 0.1) is 98.7 Å². The second kappa shape index (κ2) is 32.3. The summed E-state index contributed by atoms with van der Waals surface area (Å²) in [7, 11) is 6.93. The van der Waals surface area contributed by atoms with E-state index >= 15 is 0 Å². The fourth-order valence-electron chi connectivity index (χ4n) is 10.2. The van der Waals surface area contributed by atoms with Crippen LogP contribution in [-0.2, 0) is 40.4 Å². The summed E-state index contributed by atoms with van der Waals surface area (Å²) in [5.41, 5.74) is 2.71. The molecule has 0 atom stereocenters. The smallest absolute Gasteiger partial charge is 0.341 e. The largest absolute Gasteiger partial charge is 0.543 e. The van der Waals surface area contributed by atoms with Gasteiger partial charge in [0.2, 0.25) is 0 Å². The SMILES string of the molecule is COc1cc(OCC(=O)O)ccc1-c1cc(CN2CCN(Cc3cc(-c4c(OC)cc(OCC(=O)O)cc4OC)cc(C(=O)[O-])n3)CCN(Cc3cc(-c4c(OC)cc(OCC(=O)NCCc5ccc(SC#N)cc5)cc4OC)cc(C(=O)[O-])n3)CC2)nc(C(=O)[O-])c1. The van der Waals surface area contributed by atoms with Crippen molar-refractivity contribution in [1.82, 2.24) is 35.0 Å². The van der Waals surface area contributed by atoms with Crippen LogP contribution in [0.4, 0.5) is 0 Å². The summed E-state index contributed by atoms with van der Waals surface area (Å²) >= 11 is 1.05. The van der Waals surface area contributed by atoms with Gasteiger partial charge in [0.1, 0.15) is 51.4 Å². The number of rotatable bonds is 30. The van der Waals surface area contributed by atoms with Crippen LogP contribution in [0, 0.1) is 10.7 Å². The van der Waals surface area contributed by atoms with E-state index in [1.807, 2.05) is 44.4 Å². The number of carboxylic acids is 5. The standard InChI is InChI=1S/C65H66N8O19S/c1-85-53-26-45(91-35-59(75)76)8-11-49(53)39-20-42(68-50(23-39)63(79)80)31-71-14-16-72(18-19-73(17-15-71)33-44-22-41(25-52(70-44)65(83)84)62-56(88-4)29-47(30-57(62)89-5)92-36-60(77)78)32-43-21-40(24-51(69-43)64(81)82)61-54(86-2)27-46(28-55(61)87-3)90-34-58(74)67-13-12-38-6-9-48(10-7-38)93-37-66/h6-11,20-30H,12-19,31-36H2,1-5H3,(H,67,74)(H,75,76)(H,77,78)(H,79,80)(H,81,82)(H,83,84)/p-3. The van der Waals surface area contributed by atoms with E-state index in [2.05, 4.69) is 20.3 Å². The highest BCUT2D eigenvalue weighted by Crippen LogP contribution is 2.44. The normalized spacial score (nSPS) is 12.8. The number of carbonyl (C=O) groups is 6. The third-order valence-corrected chi connectivity index (χ3v) is 15.2. The maximum Gasteiger partial charge on any atom is 0.341 e. The molecule has 7 aromatic rings. The van der Waals surface area contributed by atoms with E-state index in [4.69, 9.17) is 43.2 Å². The number of aromatic carboxylic acids is 3. The lowest BCUT2D eigenvalue weighted by Crippen LogP contribution is -2.36. The van der Waals surface area contributed by atoms with Crippen LogP contribution in [0.3, 0.4) is 0 Å². The molecule has 1 fully saturated rings. The van der Waals surface area contributed by atoms with Crippen LogP contribution in [0.25, 0.3) is 33.4 Å². The number of thiocyanates is 1. The fourth-order valence-corrected chi connectivity index (χ4v) is 10.6. The van der Waals surface area contributed by atoms with Crippen molar-refractivity contribution in [1.29, 1.82) is 5.26 Å². The van der Waals surface area contributed by atoms with Gasteiger partial charge in [0.25, 0.3) is 5.91 Å². The van der Waals surface area contributed by atoms with Gasteiger partial charge in [-0.15, -0.1) is 0 Å². The molecule has 28 heteroatoms. The van der Waals surface area contributed by atoms with Crippen molar-refractivity contribution in [3.8, 4) is 84.8 Å². The molecule has 27 nitrogen and oxygen atoms in total. The number of nitrogens with one attached hydrogen (secondary N) is 1. The number of carbonyl (C=O) groups excluding carboxylic acids is 4. The molecule has 0 aliphatic carbocycles. The number of hydrogen-bond acceptors (Lipinski definition) is 25. The summed E-state index contributed by atoms with van der Waals surface area (Å²) in [6, 6.07) is 26.9. The molecule has 1 aliphatic heterocycles. The van der Waals surface area contributed by atoms with E-state index < -0.39 is 60.4 Å². The number of carboxylic acid groups (broad SMARTS) is 5. The number of ether oxygens (including phenoxy) is 8. The predicted molar refractivity (Wildman–Crippen MR) is 327 cm³/mol. The zero-order valence-electron chi connectivity index (χ0n) is 51.1. The first-order valence-electron chi connectivity index (χ1n) is 28.6. The lowest BCUT2D eigenvalue weighted by atomic mass is 10.0. The molecule has 1 saturated heterocycles. The highest BCUT2D eigenvalue weighted by Gasteiger charge is 2.25. The molecular formula is C65H63N8O19S-3. The van der Waals surface area contributed by atoms with Gasteiger partial charge in [-0.05, 0) is 101 Å².